The van der Waals surface area contributed by atoms with E-state index in [1.54, 1.807) is 14.2 Å². The van der Waals surface area contributed by atoms with Gasteiger partial charge in [-0.15, -0.1) is 0 Å². The van der Waals surface area contributed by atoms with Crippen molar-refractivity contribution >= 4 is 21.8 Å². The number of benzene rings is 1. The largest absolute Gasteiger partial charge is 0.496 e. The average molecular weight is 302 g/mol. The Morgan fingerprint density at radius 2 is 2.12 bits per heavy atom. The Kier molecular flexibility index (Phi) is 5.44. The van der Waals surface area contributed by atoms with E-state index in [9.17, 15) is 4.79 Å². The van der Waals surface area contributed by atoms with E-state index >= 15 is 0 Å². The lowest BCUT2D eigenvalue weighted by molar-refractivity contribution is -0.168. The van der Waals surface area contributed by atoms with Crippen LogP contribution >= 0.6 is 15.9 Å². The van der Waals surface area contributed by atoms with Gasteiger partial charge in [-0.2, -0.15) is 0 Å². The van der Waals surface area contributed by atoms with Gasteiger partial charge in [0.2, 0.25) is 5.91 Å². The van der Waals surface area contributed by atoms with E-state index in [1.165, 1.54) is 12.2 Å². The highest BCUT2D eigenvalue weighted by Gasteiger charge is 2.08. The van der Waals surface area contributed by atoms with Gasteiger partial charge in [0.25, 0.3) is 0 Å². The van der Waals surface area contributed by atoms with Crippen LogP contribution in [0.4, 0.5) is 0 Å². The maximum atomic E-state index is 11.5. The Bertz CT molecular complexity index is 395. The summed E-state index contributed by atoms with van der Waals surface area (Å²) in [6.07, 6.45) is 1.10. The second-order valence-electron chi connectivity index (χ2n) is 3.54. The molecule has 94 valence electrons. The second-order valence-corrected chi connectivity index (χ2v) is 4.40. The number of hydroxylamine groups is 2. The molecular weight excluding hydrogens is 286 g/mol. The lowest BCUT2D eigenvalue weighted by Crippen LogP contribution is -2.25. The first kappa shape index (κ1) is 14.0. The highest BCUT2D eigenvalue weighted by atomic mass is 79.9. The van der Waals surface area contributed by atoms with Crippen molar-refractivity contribution in [1.29, 1.82) is 0 Å². The first-order valence-corrected chi connectivity index (χ1v) is 6.01. The Hall–Kier alpha value is -1.07. The third-order valence-electron chi connectivity index (χ3n) is 2.47. The summed E-state index contributed by atoms with van der Waals surface area (Å²) in [5, 5.41) is 1.23. The molecule has 0 saturated carbocycles. The van der Waals surface area contributed by atoms with Crippen molar-refractivity contribution in [3.8, 4) is 5.75 Å². The van der Waals surface area contributed by atoms with Crippen LogP contribution in [0.25, 0.3) is 0 Å². The van der Waals surface area contributed by atoms with Crippen LogP contribution < -0.4 is 4.74 Å². The third-order valence-corrected chi connectivity index (χ3v) is 3.09. The molecular formula is C12H16BrNO3. The molecule has 1 rings (SSSR count). The molecule has 0 heterocycles. The van der Waals surface area contributed by atoms with Gasteiger partial charge in [0.15, 0.2) is 0 Å². The van der Waals surface area contributed by atoms with E-state index in [4.69, 9.17) is 9.57 Å². The second kappa shape index (κ2) is 6.61. The molecule has 0 radical (unpaired) electrons. The standard InChI is InChI=1S/C12H16BrNO3/c1-14(17-3)12(15)7-5-9-4-6-11(16-2)10(13)8-9/h4,6,8H,5,7H2,1-3H3. The van der Waals surface area contributed by atoms with E-state index < -0.39 is 0 Å². The Labute approximate surface area is 110 Å². The molecule has 0 fully saturated rings. The number of rotatable bonds is 5. The van der Waals surface area contributed by atoms with E-state index in [0.29, 0.717) is 12.8 Å². The monoisotopic (exact) mass is 301 g/mol. The topological polar surface area (TPSA) is 38.8 Å². The number of amides is 1. The number of ether oxygens (including phenoxy) is 1. The summed E-state index contributed by atoms with van der Waals surface area (Å²) in [7, 11) is 4.70. The Morgan fingerprint density at radius 3 is 2.65 bits per heavy atom. The van der Waals surface area contributed by atoms with Crippen molar-refractivity contribution in [2.24, 2.45) is 0 Å². The Morgan fingerprint density at radius 1 is 1.41 bits per heavy atom. The summed E-state index contributed by atoms with van der Waals surface area (Å²) < 4.78 is 6.03. The Balaban J connectivity index is 2.58. The quantitative estimate of drug-likeness (QED) is 0.784. The highest BCUT2D eigenvalue weighted by Crippen LogP contribution is 2.25. The summed E-state index contributed by atoms with van der Waals surface area (Å²) >= 11 is 3.41. The van der Waals surface area contributed by atoms with Crippen molar-refractivity contribution in [3.63, 3.8) is 0 Å². The molecule has 0 aliphatic rings. The number of hydrogen-bond donors (Lipinski definition) is 0. The van der Waals surface area contributed by atoms with Crippen LogP contribution in [0, 0.1) is 0 Å². The van der Waals surface area contributed by atoms with Crippen molar-refractivity contribution < 1.29 is 14.4 Å². The molecule has 0 saturated heterocycles. The smallest absolute Gasteiger partial charge is 0.246 e. The fourth-order valence-corrected chi connectivity index (χ4v) is 1.96. The van der Waals surface area contributed by atoms with Crippen LogP contribution in [-0.2, 0) is 16.1 Å². The number of hydrogen-bond acceptors (Lipinski definition) is 3. The van der Waals surface area contributed by atoms with Crippen molar-refractivity contribution in [2.75, 3.05) is 21.3 Å². The highest BCUT2D eigenvalue weighted by molar-refractivity contribution is 9.10. The number of nitrogens with zero attached hydrogens (tertiary/aromatic N) is 1. The van der Waals surface area contributed by atoms with Gasteiger partial charge in [-0.25, -0.2) is 5.06 Å². The molecule has 17 heavy (non-hydrogen) atoms. The summed E-state index contributed by atoms with van der Waals surface area (Å²) in [4.78, 5) is 16.3. The van der Waals surface area contributed by atoms with Crippen LogP contribution in [0.3, 0.4) is 0 Å². The fraction of sp³-hybridized carbons (Fsp3) is 0.417. The molecule has 4 nitrogen and oxygen atoms in total. The number of carbonyl (C=O) groups is 1. The lowest BCUT2D eigenvalue weighted by atomic mass is 10.1. The zero-order valence-electron chi connectivity index (χ0n) is 10.2. The van der Waals surface area contributed by atoms with Gasteiger partial charge in [-0.05, 0) is 40.0 Å². The molecule has 1 aromatic carbocycles. The normalized spacial score (nSPS) is 10.1. The summed E-state index contributed by atoms with van der Waals surface area (Å²) in [6, 6.07) is 5.78. The van der Waals surface area contributed by atoms with Crippen LogP contribution in [0.1, 0.15) is 12.0 Å². The van der Waals surface area contributed by atoms with Crippen molar-refractivity contribution in [2.45, 2.75) is 12.8 Å². The SMILES string of the molecule is COc1ccc(CCC(=O)N(C)OC)cc1Br. The van der Waals surface area contributed by atoms with Gasteiger partial charge >= 0.3 is 0 Å². The maximum absolute atomic E-state index is 11.5. The zero-order valence-corrected chi connectivity index (χ0v) is 11.8. The maximum Gasteiger partial charge on any atom is 0.246 e. The first-order chi connectivity index (χ1) is 8.08. The molecule has 1 aromatic rings. The van der Waals surface area contributed by atoms with E-state index in [2.05, 4.69) is 15.9 Å². The van der Waals surface area contributed by atoms with Crippen LogP contribution in [0.15, 0.2) is 22.7 Å². The van der Waals surface area contributed by atoms with Crippen LogP contribution in [-0.4, -0.2) is 32.2 Å². The molecule has 0 atom stereocenters. The molecule has 0 bridgehead atoms. The minimum absolute atomic E-state index is 0.0422. The van der Waals surface area contributed by atoms with Gasteiger partial charge in [0.1, 0.15) is 5.75 Å². The average Bonchev–Trinajstić information content (AvgIpc) is 2.35. The molecule has 0 aromatic heterocycles. The fourth-order valence-electron chi connectivity index (χ4n) is 1.38. The predicted molar refractivity (Wildman–Crippen MR) is 68.8 cm³/mol. The van der Waals surface area contributed by atoms with Gasteiger partial charge < -0.3 is 4.74 Å². The molecule has 0 N–H and O–H groups in total. The van der Waals surface area contributed by atoms with Crippen LogP contribution in [0.5, 0.6) is 5.75 Å². The van der Waals surface area contributed by atoms with E-state index in [-0.39, 0.29) is 5.91 Å². The summed E-state index contributed by atoms with van der Waals surface area (Å²) in [5.41, 5.74) is 1.08. The molecule has 1 amide bonds. The first-order valence-electron chi connectivity index (χ1n) is 5.21. The van der Waals surface area contributed by atoms with Gasteiger partial charge in [-0.1, -0.05) is 6.07 Å². The van der Waals surface area contributed by atoms with E-state index in [0.717, 1.165) is 15.8 Å². The zero-order chi connectivity index (χ0) is 12.8. The minimum Gasteiger partial charge on any atom is -0.496 e. The van der Waals surface area contributed by atoms with Gasteiger partial charge in [0, 0.05) is 13.5 Å². The number of aryl methyl sites for hydroxylation is 1. The predicted octanol–water partition coefficient (Wildman–Crippen LogP) is 2.41. The molecule has 5 heteroatoms. The summed E-state index contributed by atoms with van der Waals surface area (Å²) in [5.74, 6) is 0.744. The molecule has 0 aliphatic heterocycles. The van der Waals surface area contributed by atoms with Crippen molar-refractivity contribution in [1.82, 2.24) is 5.06 Å². The van der Waals surface area contributed by atoms with Gasteiger partial charge in [-0.3, -0.25) is 9.63 Å². The molecule has 0 aliphatic carbocycles. The minimum atomic E-state index is -0.0422. The van der Waals surface area contributed by atoms with Gasteiger partial charge in [0.05, 0.1) is 18.7 Å². The number of carbonyl (C=O) groups excluding carboxylic acids is 1. The number of halogens is 1. The third kappa shape index (κ3) is 4.02. The molecule has 0 unspecified atom stereocenters. The lowest BCUT2D eigenvalue weighted by Gasteiger charge is -2.13. The molecule has 0 spiro atoms. The number of methoxy groups -OCH3 is 1. The van der Waals surface area contributed by atoms with E-state index in [1.807, 2.05) is 18.2 Å². The summed E-state index contributed by atoms with van der Waals surface area (Å²) in [6.45, 7) is 0. The van der Waals surface area contributed by atoms with Crippen molar-refractivity contribution in [3.05, 3.63) is 28.2 Å². The van der Waals surface area contributed by atoms with Crippen LogP contribution in [0.2, 0.25) is 0 Å².